The van der Waals surface area contributed by atoms with Gasteiger partial charge in [-0.2, -0.15) is 0 Å². The fraction of sp³-hybridized carbons (Fsp3) is 0.500. The quantitative estimate of drug-likeness (QED) is 0.800. The molecule has 1 saturated heterocycles. The van der Waals surface area contributed by atoms with Gasteiger partial charge in [0.15, 0.2) is 0 Å². The maximum absolute atomic E-state index is 13.4. The van der Waals surface area contributed by atoms with Crippen molar-refractivity contribution in [1.29, 1.82) is 0 Å². The molecule has 0 spiro atoms. The first-order chi connectivity index (χ1) is 11.6. The summed E-state index contributed by atoms with van der Waals surface area (Å²) in [6.45, 7) is 3.30. The molecular formula is C16H22ClFN6O. The van der Waals surface area contributed by atoms with Gasteiger partial charge >= 0.3 is 0 Å². The zero-order valence-electron chi connectivity index (χ0n) is 14.0. The Kier molecular flexibility index (Phi) is 6.83. The van der Waals surface area contributed by atoms with Gasteiger partial charge in [0.05, 0.1) is 0 Å². The monoisotopic (exact) mass is 368 g/mol. The van der Waals surface area contributed by atoms with Gasteiger partial charge in [-0.3, -0.25) is 4.79 Å². The minimum Gasteiger partial charge on any atom is -0.353 e. The minimum atomic E-state index is -0.608. The second-order valence-electron chi connectivity index (χ2n) is 6.06. The number of nitrogens with one attached hydrogen (secondary N) is 2. The molecule has 2 aromatic rings. The summed E-state index contributed by atoms with van der Waals surface area (Å²) in [5.41, 5.74) is 0.726. The lowest BCUT2D eigenvalue weighted by molar-refractivity contribution is -0.124. The van der Waals surface area contributed by atoms with E-state index in [1.807, 2.05) is 0 Å². The second-order valence-corrected chi connectivity index (χ2v) is 6.06. The maximum Gasteiger partial charge on any atom is 0.245 e. The lowest BCUT2D eigenvalue weighted by atomic mass is 10.0. The fourth-order valence-corrected chi connectivity index (χ4v) is 2.98. The third-order valence-corrected chi connectivity index (χ3v) is 4.26. The lowest BCUT2D eigenvalue weighted by Crippen LogP contribution is -2.41. The number of aryl methyl sites for hydroxylation is 1. The molecule has 0 saturated carbocycles. The van der Waals surface area contributed by atoms with Crippen molar-refractivity contribution in [3.63, 3.8) is 0 Å². The van der Waals surface area contributed by atoms with Crippen LogP contribution in [0.15, 0.2) is 24.3 Å². The van der Waals surface area contributed by atoms with Gasteiger partial charge in [-0.25, -0.2) is 9.07 Å². The molecule has 1 aromatic heterocycles. The highest BCUT2D eigenvalue weighted by molar-refractivity contribution is 5.85. The summed E-state index contributed by atoms with van der Waals surface area (Å²) in [7, 11) is 0. The van der Waals surface area contributed by atoms with E-state index >= 15 is 0 Å². The predicted molar refractivity (Wildman–Crippen MR) is 93.0 cm³/mol. The fourth-order valence-electron chi connectivity index (χ4n) is 2.98. The summed E-state index contributed by atoms with van der Waals surface area (Å²) in [4.78, 5) is 12.7. The minimum absolute atomic E-state index is 0. The van der Waals surface area contributed by atoms with Crippen LogP contribution in [0.5, 0.6) is 0 Å². The summed E-state index contributed by atoms with van der Waals surface area (Å²) in [6, 6.07) is 5.93. The number of rotatable bonds is 6. The van der Waals surface area contributed by atoms with Gasteiger partial charge in [0.25, 0.3) is 0 Å². The van der Waals surface area contributed by atoms with E-state index in [0.717, 1.165) is 24.9 Å². The number of carbonyl (C=O) groups excluding carboxylic acids is 1. The Morgan fingerprint density at radius 3 is 3.00 bits per heavy atom. The molecule has 0 bridgehead atoms. The number of nitrogens with zero attached hydrogens (tertiary/aromatic N) is 4. The Morgan fingerprint density at radius 2 is 2.36 bits per heavy atom. The van der Waals surface area contributed by atoms with E-state index in [2.05, 4.69) is 26.2 Å². The molecule has 2 N–H and O–H groups in total. The zero-order chi connectivity index (χ0) is 16.9. The van der Waals surface area contributed by atoms with Gasteiger partial charge in [-0.1, -0.05) is 12.1 Å². The average Bonchev–Trinajstić information content (AvgIpc) is 3.22. The van der Waals surface area contributed by atoms with Crippen LogP contribution in [0.1, 0.15) is 30.3 Å². The van der Waals surface area contributed by atoms with Gasteiger partial charge in [0.2, 0.25) is 5.91 Å². The number of halogens is 2. The zero-order valence-corrected chi connectivity index (χ0v) is 14.8. The lowest BCUT2D eigenvalue weighted by Gasteiger charge is -2.19. The summed E-state index contributed by atoms with van der Waals surface area (Å²) < 4.78 is 14.9. The van der Waals surface area contributed by atoms with Crippen LogP contribution < -0.4 is 10.6 Å². The molecule has 0 radical (unpaired) electrons. The normalized spacial score (nSPS) is 17.8. The van der Waals surface area contributed by atoms with E-state index in [1.54, 1.807) is 19.1 Å². The Morgan fingerprint density at radius 1 is 1.52 bits per heavy atom. The van der Waals surface area contributed by atoms with E-state index < -0.39 is 6.04 Å². The number of aromatic nitrogens is 4. The third kappa shape index (κ3) is 4.96. The smallest absolute Gasteiger partial charge is 0.245 e. The molecule has 9 heteroatoms. The van der Waals surface area contributed by atoms with Crippen LogP contribution in [0.25, 0.3) is 0 Å². The molecule has 2 atom stereocenters. The van der Waals surface area contributed by atoms with Crippen molar-refractivity contribution in [3.05, 3.63) is 41.5 Å². The molecule has 1 aliphatic heterocycles. The van der Waals surface area contributed by atoms with Crippen molar-refractivity contribution in [2.45, 2.75) is 38.3 Å². The molecule has 3 rings (SSSR count). The molecule has 1 aliphatic rings. The van der Waals surface area contributed by atoms with Crippen LogP contribution in [0.4, 0.5) is 4.39 Å². The van der Waals surface area contributed by atoms with E-state index in [0.29, 0.717) is 24.8 Å². The van der Waals surface area contributed by atoms with Crippen molar-refractivity contribution >= 4 is 18.3 Å². The van der Waals surface area contributed by atoms with Crippen molar-refractivity contribution in [2.75, 3.05) is 13.1 Å². The Balaban J connectivity index is 0.00000225. The molecule has 1 aromatic carbocycles. The SMILES string of the molecule is Cc1nnnn1C(Cc1cccc(F)c1)C(=O)NCC1CCCN1.Cl. The summed E-state index contributed by atoms with van der Waals surface area (Å²) in [5, 5.41) is 17.7. The van der Waals surface area contributed by atoms with Crippen LogP contribution in [0.2, 0.25) is 0 Å². The standard InChI is InChI=1S/C16H21FN6O.ClH/c1-11-20-21-22-23(11)15(9-12-4-2-5-13(17)8-12)16(24)19-10-14-6-3-7-18-14;/h2,4-5,8,14-15,18H,3,6-7,9-10H2,1H3,(H,19,24);1H. The molecule has 1 amide bonds. The van der Waals surface area contributed by atoms with Gasteiger partial charge in [-0.15, -0.1) is 17.5 Å². The van der Waals surface area contributed by atoms with E-state index in [4.69, 9.17) is 0 Å². The van der Waals surface area contributed by atoms with E-state index in [1.165, 1.54) is 16.8 Å². The number of hydrogen-bond donors (Lipinski definition) is 2. The number of hydrogen-bond acceptors (Lipinski definition) is 5. The van der Waals surface area contributed by atoms with Crippen LogP contribution in [-0.4, -0.2) is 45.2 Å². The molecule has 0 aliphatic carbocycles. The van der Waals surface area contributed by atoms with Crippen LogP contribution in [0.3, 0.4) is 0 Å². The highest BCUT2D eigenvalue weighted by Crippen LogP contribution is 2.16. The first kappa shape index (κ1) is 19.3. The Bertz CT molecular complexity index is 703. The van der Waals surface area contributed by atoms with Crippen LogP contribution >= 0.6 is 12.4 Å². The Labute approximate surface area is 151 Å². The third-order valence-electron chi connectivity index (χ3n) is 4.26. The van der Waals surface area contributed by atoms with E-state index in [-0.39, 0.29) is 24.1 Å². The number of tetrazole rings is 1. The van der Waals surface area contributed by atoms with Crippen molar-refractivity contribution in [2.24, 2.45) is 0 Å². The molecule has 136 valence electrons. The van der Waals surface area contributed by atoms with Gasteiger partial charge in [-0.05, 0) is 54.4 Å². The number of carbonyl (C=O) groups is 1. The predicted octanol–water partition coefficient (Wildman–Crippen LogP) is 1.19. The van der Waals surface area contributed by atoms with Gasteiger partial charge < -0.3 is 10.6 Å². The first-order valence-corrected chi connectivity index (χ1v) is 8.13. The van der Waals surface area contributed by atoms with Crippen LogP contribution in [-0.2, 0) is 11.2 Å². The van der Waals surface area contributed by atoms with Crippen molar-refractivity contribution in [3.8, 4) is 0 Å². The summed E-state index contributed by atoms with van der Waals surface area (Å²) >= 11 is 0. The van der Waals surface area contributed by atoms with Gasteiger partial charge in [0.1, 0.15) is 17.7 Å². The van der Waals surface area contributed by atoms with Crippen molar-refractivity contribution < 1.29 is 9.18 Å². The molecule has 1 fully saturated rings. The van der Waals surface area contributed by atoms with Gasteiger partial charge in [0, 0.05) is 19.0 Å². The van der Waals surface area contributed by atoms with Crippen molar-refractivity contribution in [1.82, 2.24) is 30.8 Å². The molecular weight excluding hydrogens is 347 g/mol. The maximum atomic E-state index is 13.4. The topological polar surface area (TPSA) is 84.7 Å². The second kappa shape index (κ2) is 8.87. The number of benzene rings is 1. The molecule has 25 heavy (non-hydrogen) atoms. The summed E-state index contributed by atoms with van der Waals surface area (Å²) in [6.07, 6.45) is 2.51. The highest BCUT2D eigenvalue weighted by atomic mass is 35.5. The van der Waals surface area contributed by atoms with Crippen LogP contribution in [0, 0.1) is 12.7 Å². The van der Waals surface area contributed by atoms with E-state index in [9.17, 15) is 9.18 Å². The molecule has 7 nitrogen and oxygen atoms in total. The molecule has 2 unspecified atom stereocenters. The summed E-state index contributed by atoms with van der Waals surface area (Å²) in [5.74, 6) is 0.0594. The Hall–Kier alpha value is -2.06. The first-order valence-electron chi connectivity index (χ1n) is 8.13. The average molecular weight is 369 g/mol. The largest absolute Gasteiger partial charge is 0.353 e. The highest BCUT2D eigenvalue weighted by Gasteiger charge is 2.25. The number of amides is 1. The molecule has 2 heterocycles.